The summed E-state index contributed by atoms with van der Waals surface area (Å²) in [6.45, 7) is 5.94. The van der Waals surface area contributed by atoms with Crippen molar-refractivity contribution < 1.29 is 22.5 Å². The van der Waals surface area contributed by atoms with E-state index in [0.717, 1.165) is 31.1 Å². The van der Waals surface area contributed by atoms with Crippen LogP contribution in [0.1, 0.15) is 52.9 Å². The molecule has 2 saturated carbocycles. The second-order valence-electron chi connectivity index (χ2n) is 8.32. The molecule has 0 bridgehead atoms. The minimum absolute atomic E-state index is 0.0138. The molecule has 5 nitrogen and oxygen atoms in total. The molecule has 0 aromatic carbocycles. The maximum Gasteiger partial charge on any atom is 0.264 e. The molecule has 0 saturated heterocycles. The Morgan fingerprint density at radius 3 is 2.58 bits per heavy atom. The molecule has 2 fully saturated rings. The average Bonchev–Trinajstić information content (AvgIpc) is 2.68. The summed E-state index contributed by atoms with van der Waals surface area (Å²) >= 11 is 0. The van der Waals surface area contributed by atoms with Gasteiger partial charge in [-0.05, 0) is 49.4 Å². The minimum atomic E-state index is -3.56. The molecule has 0 amide bonds. The van der Waals surface area contributed by atoms with E-state index in [4.69, 9.17) is 4.18 Å². The van der Waals surface area contributed by atoms with E-state index in [1.165, 1.54) is 0 Å². The van der Waals surface area contributed by atoms with Gasteiger partial charge < -0.3 is 5.11 Å². The van der Waals surface area contributed by atoms with Crippen LogP contribution in [0.5, 0.6) is 0 Å². The topological polar surface area (TPSA) is 80.7 Å². The molecule has 0 unspecified atom stereocenters. The van der Waals surface area contributed by atoms with Crippen molar-refractivity contribution in [3.8, 4) is 0 Å². The van der Waals surface area contributed by atoms with Gasteiger partial charge in [0.05, 0.1) is 18.5 Å². The van der Waals surface area contributed by atoms with Crippen LogP contribution in [0.3, 0.4) is 0 Å². The number of ketones is 1. The summed E-state index contributed by atoms with van der Waals surface area (Å²) in [6.07, 6.45) is 3.73. The molecule has 136 valence electrons. The summed E-state index contributed by atoms with van der Waals surface area (Å²) in [6, 6.07) is 0. The quantitative estimate of drug-likeness (QED) is 0.786. The fourth-order valence-electron chi connectivity index (χ4n) is 5.50. The minimum Gasteiger partial charge on any atom is -0.389 e. The number of carbonyl (C=O) groups is 1. The van der Waals surface area contributed by atoms with Gasteiger partial charge in [-0.25, -0.2) is 0 Å². The van der Waals surface area contributed by atoms with Crippen LogP contribution in [0.15, 0.2) is 11.1 Å². The Kier molecular flexibility index (Phi) is 4.46. The molecule has 24 heavy (non-hydrogen) atoms. The van der Waals surface area contributed by atoms with Crippen molar-refractivity contribution in [2.24, 2.45) is 23.2 Å². The first-order valence-electron chi connectivity index (χ1n) is 8.86. The molecule has 1 N–H and O–H groups in total. The van der Waals surface area contributed by atoms with Gasteiger partial charge in [0.2, 0.25) is 0 Å². The molecule has 0 aliphatic heterocycles. The summed E-state index contributed by atoms with van der Waals surface area (Å²) in [5, 5.41) is 10.1. The predicted octanol–water partition coefficient (Wildman–Crippen LogP) is 2.44. The molecule has 3 rings (SSSR count). The highest BCUT2D eigenvalue weighted by Crippen LogP contribution is 2.60. The molecule has 6 heteroatoms. The third-order valence-electron chi connectivity index (χ3n) is 6.42. The number of rotatable bonds is 3. The highest BCUT2D eigenvalue weighted by atomic mass is 32.2. The molecule has 0 aromatic rings. The molecule has 3 aliphatic carbocycles. The van der Waals surface area contributed by atoms with Gasteiger partial charge in [-0.15, -0.1) is 0 Å². The summed E-state index contributed by atoms with van der Waals surface area (Å²) in [5.74, 6) is 0.946. The molecule has 6 atom stereocenters. The zero-order valence-corrected chi connectivity index (χ0v) is 15.7. The summed E-state index contributed by atoms with van der Waals surface area (Å²) in [7, 11) is -3.56. The van der Waals surface area contributed by atoms with Crippen LogP contribution in [0, 0.1) is 23.2 Å². The van der Waals surface area contributed by atoms with Gasteiger partial charge in [-0.2, -0.15) is 8.42 Å². The lowest BCUT2D eigenvalue weighted by Crippen LogP contribution is -2.48. The lowest BCUT2D eigenvalue weighted by atomic mass is 9.54. The molecular formula is C18H28O5S. The third-order valence-corrected chi connectivity index (χ3v) is 7.02. The van der Waals surface area contributed by atoms with Gasteiger partial charge in [-0.1, -0.05) is 25.8 Å². The number of hydrogen-bond donors (Lipinski definition) is 1. The molecule has 0 aromatic heterocycles. The van der Waals surface area contributed by atoms with Crippen molar-refractivity contribution in [2.75, 3.05) is 6.26 Å². The van der Waals surface area contributed by atoms with Crippen molar-refractivity contribution in [1.29, 1.82) is 0 Å². The normalized spacial score (nSPS) is 41.1. The Morgan fingerprint density at radius 2 is 2.00 bits per heavy atom. The summed E-state index contributed by atoms with van der Waals surface area (Å²) in [5.41, 5.74) is 1.18. The van der Waals surface area contributed by atoms with Crippen LogP contribution in [-0.4, -0.2) is 37.8 Å². The number of aliphatic hydroxyl groups excluding tert-OH is 1. The number of Topliss-reactive ketones (excluding diaryl/α,β-unsaturated/α-hetero) is 1. The monoisotopic (exact) mass is 356 g/mol. The lowest BCUT2D eigenvalue weighted by Gasteiger charge is -2.52. The zero-order chi connectivity index (χ0) is 17.9. The van der Waals surface area contributed by atoms with Crippen LogP contribution in [-0.2, 0) is 19.1 Å². The fraction of sp³-hybridized carbons (Fsp3) is 0.833. The van der Waals surface area contributed by atoms with Crippen LogP contribution in [0.25, 0.3) is 0 Å². The Hall–Kier alpha value is -0.720. The van der Waals surface area contributed by atoms with Gasteiger partial charge >= 0.3 is 0 Å². The first-order chi connectivity index (χ1) is 11.0. The fourth-order valence-corrected chi connectivity index (χ4v) is 6.16. The van der Waals surface area contributed by atoms with Crippen LogP contribution in [0.4, 0.5) is 0 Å². The maximum absolute atomic E-state index is 12.5. The third kappa shape index (κ3) is 2.97. The lowest BCUT2D eigenvalue weighted by molar-refractivity contribution is -0.118. The molecule has 0 heterocycles. The molecule has 0 spiro atoms. The van der Waals surface area contributed by atoms with E-state index >= 15 is 0 Å². The Morgan fingerprint density at radius 1 is 1.33 bits per heavy atom. The standard InChI is InChI=1S/C18H28O5S/c1-10-5-6-13-12(7-10)16(23-24(4,21)22)8-14-17(11(2)19)15(20)9-18(13,14)3/h10-13,16,19H,5-9H2,1-4H3/t10-,11+,12-,13-,16-,18+/m1/s1. The average molecular weight is 356 g/mol. The van der Waals surface area contributed by atoms with Gasteiger partial charge in [0.15, 0.2) is 5.78 Å². The van der Waals surface area contributed by atoms with E-state index < -0.39 is 22.3 Å². The molecule has 0 radical (unpaired) electrons. The van der Waals surface area contributed by atoms with Crippen molar-refractivity contribution in [3.63, 3.8) is 0 Å². The van der Waals surface area contributed by atoms with Crippen molar-refractivity contribution in [3.05, 3.63) is 11.1 Å². The Labute approximate surface area is 144 Å². The number of fused-ring (bicyclic) bond motifs is 3. The molecular weight excluding hydrogens is 328 g/mol. The Bertz CT molecular complexity index is 678. The number of aliphatic hydroxyl groups is 1. The van der Waals surface area contributed by atoms with Gasteiger partial charge in [0.25, 0.3) is 10.1 Å². The van der Waals surface area contributed by atoms with Crippen molar-refractivity contribution >= 4 is 15.9 Å². The highest BCUT2D eigenvalue weighted by Gasteiger charge is 2.56. The van der Waals surface area contributed by atoms with E-state index in [2.05, 4.69) is 13.8 Å². The maximum atomic E-state index is 12.5. The predicted molar refractivity (Wildman–Crippen MR) is 90.8 cm³/mol. The van der Waals surface area contributed by atoms with Crippen LogP contribution < -0.4 is 0 Å². The largest absolute Gasteiger partial charge is 0.389 e. The van der Waals surface area contributed by atoms with Gasteiger partial charge in [-0.3, -0.25) is 8.98 Å². The summed E-state index contributed by atoms with van der Waals surface area (Å²) in [4.78, 5) is 12.5. The first-order valence-corrected chi connectivity index (χ1v) is 10.7. The smallest absolute Gasteiger partial charge is 0.264 e. The number of carbonyl (C=O) groups excluding carboxylic acids is 1. The van der Waals surface area contributed by atoms with Crippen LogP contribution in [0.2, 0.25) is 0 Å². The summed E-state index contributed by atoms with van der Waals surface area (Å²) < 4.78 is 29.0. The highest BCUT2D eigenvalue weighted by molar-refractivity contribution is 7.86. The van der Waals surface area contributed by atoms with Crippen molar-refractivity contribution in [1.82, 2.24) is 0 Å². The second kappa shape index (κ2) is 5.92. The van der Waals surface area contributed by atoms with E-state index in [9.17, 15) is 18.3 Å². The first kappa shape index (κ1) is 18.1. The van der Waals surface area contributed by atoms with E-state index in [1.54, 1.807) is 6.92 Å². The Balaban J connectivity index is 2.06. The van der Waals surface area contributed by atoms with E-state index in [-0.39, 0.29) is 23.0 Å². The van der Waals surface area contributed by atoms with Gasteiger partial charge in [0, 0.05) is 12.0 Å². The van der Waals surface area contributed by atoms with Crippen molar-refractivity contribution in [2.45, 2.75) is 65.1 Å². The zero-order valence-electron chi connectivity index (χ0n) is 14.9. The number of hydrogen-bond acceptors (Lipinski definition) is 5. The van der Waals surface area contributed by atoms with E-state index in [1.807, 2.05) is 0 Å². The van der Waals surface area contributed by atoms with Crippen LogP contribution >= 0.6 is 0 Å². The van der Waals surface area contributed by atoms with Gasteiger partial charge in [0.1, 0.15) is 0 Å². The van der Waals surface area contributed by atoms with E-state index in [0.29, 0.717) is 24.3 Å². The molecule has 3 aliphatic rings. The second-order valence-corrected chi connectivity index (χ2v) is 9.92. The SMILES string of the molecule is C[C@@H]1CC[C@@H]2[C@@H](C1)[C@H](OS(C)(=O)=O)CC1=C([C@H](C)O)C(=O)C[C@]12C.